The average molecular weight is 350 g/mol. The van der Waals surface area contributed by atoms with E-state index in [0.29, 0.717) is 16.7 Å². The van der Waals surface area contributed by atoms with Gasteiger partial charge in [-0.05, 0) is 60.4 Å². The average Bonchev–Trinajstić information content (AvgIpc) is 2.36. The zero-order chi connectivity index (χ0) is 14.1. The smallest absolute Gasteiger partial charge is 0.233 e. The van der Waals surface area contributed by atoms with Gasteiger partial charge in [-0.3, -0.25) is 4.72 Å². The van der Waals surface area contributed by atoms with E-state index in [4.69, 9.17) is 0 Å². The zero-order valence-corrected chi connectivity index (χ0v) is 13.4. The highest BCUT2D eigenvalue weighted by molar-refractivity contribution is 9.10. The standard InChI is InChI=1S/C12H20BrN3O2S/c1-2-7-14-8-3-4-10-19(17,18)16-12-11(13)6-5-9-15-12/h5-6,9,14H,2-4,7-8,10H2,1H3,(H,15,16). The number of aromatic nitrogens is 1. The van der Waals surface area contributed by atoms with Crippen LogP contribution in [0.5, 0.6) is 0 Å². The van der Waals surface area contributed by atoms with Gasteiger partial charge in [0.15, 0.2) is 5.82 Å². The summed E-state index contributed by atoms with van der Waals surface area (Å²) in [5.41, 5.74) is 0. The fraction of sp³-hybridized carbons (Fsp3) is 0.583. The number of pyridine rings is 1. The second-order valence-corrected chi connectivity index (χ2v) is 6.91. The highest BCUT2D eigenvalue weighted by Crippen LogP contribution is 2.19. The molecule has 0 aliphatic carbocycles. The van der Waals surface area contributed by atoms with Crippen LogP contribution in [0.1, 0.15) is 26.2 Å². The van der Waals surface area contributed by atoms with Crippen molar-refractivity contribution in [3.8, 4) is 0 Å². The molecule has 0 aliphatic rings. The number of nitrogens with zero attached hydrogens (tertiary/aromatic N) is 1. The van der Waals surface area contributed by atoms with Crippen molar-refractivity contribution in [1.82, 2.24) is 10.3 Å². The van der Waals surface area contributed by atoms with Crippen LogP contribution in [0.4, 0.5) is 5.82 Å². The van der Waals surface area contributed by atoms with Gasteiger partial charge in [0.1, 0.15) is 0 Å². The number of hydrogen-bond acceptors (Lipinski definition) is 4. The third kappa shape index (κ3) is 6.89. The molecule has 0 radical (unpaired) electrons. The minimum atomic E-state index is -3.32. The first-order chi connectivity index (χ1) is 9.05. The van der Waals surface area contributed by atoms with E-state index in [1.54, 1.807) is 18.3 Å². The van der Waals surface area contributed by atoms with E-state index in [9.17, 15) is 8.42 Å². The Hall–Kier alpha value is -0.660. The number of nitrogens with one attached hydrogen (secondary N) is 2. The maximum absolute atomic E-state index is 11.8. The van der Waals surface area contributed by atoms with Gasteiger partial charge in [0.2, 0.25) is 10.0 Å². The molecule has 0 atom stereocenters. The van der Waals surface area contributed by atoms with E-state index in [1.165, 1.54) is 0 Å². The largest absolute Gasteiger partial charge is 0.317 e. The van der Waals surface area contributed by atoms with Crippen molar-refractivity contribution >= 4 is 31.8 Å². The molecule has 0 aliphatic heterocycles. The van der Waals surface area contributed by atoms with Crippen LogP contribution in [0.2, 0.25) is 0 Å². The van der Waals surface area contributed by atoms with E-state index in [0.717, 1.165) is 25.9 Å². The van der Waals surface area contributed by atoms with Crippen molar-refractivity contribution < 1.29 is 8.42 Å². The fourth-order valence-corrected chi connectivity index (χ4v) is 3.13. The summed E-state index contributed by atoms with van der Waals surface area (Å²) < 4.78 is 26.8. The van der Waals surface area contributed by atoms with Crippen LogP contribution in [0.25, 0.3) is 0 Å². The monoisotopic (exact) mass is 349 g/mol. The topological polar surface area (TPSA) is 71.1 Å². The summed E-state index contributed by atoms with van der Waals surface area (Å²) in [5, 5.41) is 3.25. The fourth-order valence-electron chi connectivity index (χ4n) is 1.50. The Morgan fingerprint density at radius 3 is 2.79 bits per heavy atom. The third-order valence-corrected chi connectivity index (χ3v) is 4.42. The minimum absolute atomic E-state index is 0.115. The first-order valence-corrected chi connectivity index (χ1v) is 8.81. The van der Waals surface area contributed by atoms with Gasteiger partial charge in [0.25, 0.3) is 0 Å². The van der Waals surface area contributed by atoms with Crippen molar-refractivity contribution in [2.45, 2.75) is 26.2 Å². The highest BCUT2D eigenvalue weighted by Gasteiger charge is 2.12. The van der Waals surface area contributed by atoms with Crippen LogP contribution in [-0.4, -0.2) is 32.2 Å². The molecule has 0 unspecified atom stereocenters. The predicted octanol–water partition coefficient (Wildman–Crippen LogP) is 2.37. The summed E-state index contributed by atoms with van der Waals surface area (Å²) in [6, 6.07) is 3.49. The van der Waals surface area contributed by atoms with E-state index in [1.807, 2.05) is 0 Å². The van der Waals surface area contributed by atoms with Crippen molar-refractivity contribution in [2.24, 2.45) is 0 Å². The zero-order valence-electron chi connectivity index (χ0n) is 11.0. The molecule has 1 rings (SSSR count). The molecule has 0 fully saturated rings. The second-order valence-electron chi connectivity index (χ2n) is 4.21. The van der Waals surface area contributed by atoms with E-state index >= 15 is 0 Å². The molecule has 7 heteroatoms. The Balaban J connectivity index is 2.34. The third-order valence-electron chi connectivity index (χ3n) is 2.45. The van der Waals surface area contributed by atoms with Crippen LogP contribution in [-0.2, 0) is 10.0 Å². The molecule has 2 N–H and O–H groups in total. The van der Waals surface area contributed by atoms with E-state index < -0.39 is 10.0 Å². The van der Waals surface area contributed by atoms with Gasteiger partial charge in [-0.1, -0.05) is 6.92 Å². The molecule has 1 aromatic heterocycles. The lowest BCUT2D eigenvalue weighted by Gasteiger charge is -2.08. The molecular formula is C12H20BrN3O2S. The molecule has 0 spiro atoms. The number of anilines is 1. The van der Waals surface area contributed by atoms with Crippen LogP contribution in [0.15, 0.2) is 22.8 Å². The molecule has 0 aromatic carbocycles. The normalized spacial score (nSPS) is 11.5. The lowest BCUT2D eigenvalue weighted by molar-refractivity contribution is 0.590. The molecule has 19 heavy (non-hydrogen) atoms. The first-order valence-electron chi connectivity index (χ1n) is 6.37. The maximum atomic E-state index is 11.8. The number of hydrogen-bond donors (Lipinski definition) is 2. The van der Waals surface area contributed by atoms with Gasteiger partial charge in [-0.25, -0.2) is 13.4 Å². The molecule has 5 nitrogen and oxygen atoms in total. The molecule has 0 amide bonds. The summed E-state index contributed by atoms with van der Waals surface area (Å²) in [6.45, 7) is 3.94. The van der Waals surface area contributed by atoms with Crippen molar-refractivity contribution in [3.63, 3.8) is 0 Å². The van der Waals surface area contributed by atoms with Crippen molar-refractivity contribution in [1.29, 1.82) is 0 Å². The summed E-state index contributed by atoms with van der Waals surface area (Å²) >= 11 is 3.26. The predicted molar refractivity (Wildman–Crippen MR) is 81.7 cm³/mol. The van der Waals surface area contributed by atoms with Gasteiger partial charge >= 0.3 is 0 Å². The highest BCUT2D eigenvalue weighted by atomic mass is 79.9. The summed E-state index contributed by atoms with van der Waals surface area (Å²) in [4.78, 5) is 3.98. The van der Waals surface area contributed by atoms with Crippen molar-refractivity contribution in [3.05, 3.63) is 22.8 Å². The van der Waals surface area contributed by atoms with Gasteiger partial charge in [-0.15, -0.1) is 0 Å². The number of halogens is 1. The Bertz CT molecular complexity index is 480. The molecule has 0 saturated heterocycles. The van der Waals surface area contributed by atoms with E-state index in [2.05, 4.69) is 37.9 Å². The number of rotatable bonds is 9. The van der Waals surface area contributed by atoms with Crippen molar-refractivity contribution in [2.75, 3.05) is 23.6 Å². The quantitative estimate of drug-likeness (QED) is 0.671. The number of sulfonamides is 1. The molecular weight excluding hydrogens is 330 g/mol. The van der Waals surface area contributed by atoms with Crippen LogP contribution in [0.3, 0.4) is 0 Å². The van der Waals surface area contributed by atoms with Gasteiger partial charge in [0, 0.05) is 6.20 Å². The first kappa shape index (κ1) is 16.4. The molecule has 0 bridgehead atoms. The molecule has 0 saturated carbocycles. The molecule has 108 valence electrons. The SMILES string of the molecule is CCCNCCCCS(=O)(=O)Nc1ncccc1Br. The van der Waals surface area contributed by atoms with Crippen LogP contribution < -0.4 is 10.0 Å². The lowest BCUT2D eigenvalue weighted by atomic mass is 10.3. The minimum Gasteiger partial charge on any atom is -0.317 e. The summed E-state index contributed by atoms with van der Waals surface area (Å²) in [7, 11) is -3.32. The Kier molecular flexibility index (Phi) is 7.33. The lowest BCUT2D eigenvalue weighted by Crippen LogP contribution is -2.20. The second kappa shape index (κ2) is 8.50. The Morgan fingerprint density at radius 2 is 2.11 bits per heavy atom. The van der Waals surface area contributed by atoms with Crippen LogP contribution in [0, 0.1) is 0 Å². The molecule has 1 aromatic rings. The number of unbranched alkanes of at least 4 members (excludes halogenated alkanes) is 1. The Labute approximate surface area is 123 Å². The van der Waals surface area contributed by atoms with Crippen LogP contribution >= 0.6 is 15.9 Å². The van der Waals surface area contributed by atoms with Gasteiger partial charge in [-0.2, -0.15) is 0 Å². The Morgan fingerprint density at radius 1 is 1.32 bits per heavy atom. The van der Waals surface area contributed by atoms with Gasteiger partial charge < -0.3 is 5.32 Å². The maximum Gasteiger partial charge on any atom is 0.233 e. The summed E-state index contributed by atoms with van der Waals surface area (Å²) in [6.07, 6.45) is 4.13. The molecule has 1 heterocycles. The van der Waals surface area contributed by atoms with E-state index in [-0.39, 0.29) is 5.75 Å². The summed E-state index contributed by atoms with van der Waals surface area (Å²) in [5.74, 6) is 0.454. The van der Waals surface area contributed by atoms with Gasteiger partial charge in [0.05, 0.1) is 10.2 Å².